The van der Waals surface area contributed by atoms with Crippen LogP contribution in [0.5, 0.6) is 0 Å². The van der Waals surface area contributed by atoms with Gasteiger partial charge in [-0.05, 0) is 13.1 Å². The van der Waals surface area contributed by atoms with Gasteiger partial charge in [-0.1, -0.05) is 6.08 Å². The van der Waals surface area contributed by atoms with Crippen molar-refractivity contribution < 1.29 is 14.7 Å². The second-order valence-corrected chi connectivity index (χ2v) is 2.40. The third-order valence-corrected chi connectivity index (χ3v) is 1.10. The zero-order chi connectivity index (χ0) is 9.56. The van der Waals surface area contributed by atoms with Gasteiger partial charge in [-0.2, -0.15) is 0 Å². The number of carboxylic acids is 1. The Morgan fingerprint density at radius 1 is 1.58 bits per heavy atom. The zero-order valence-electron chi connectivity index (χ0n) is 6.86. The Morgan fingerprint density at radius 2 is 2.17 bits per heavy atom. The van der Waals surface area contributed by atoms with E-state index >= 15 is 0 Å². The van der Waals surface area contributed by atoms with Crippen LogP contribution >= 0.6 is 0 Å². The van der Waals surface area contributed by atoms with Crippen LogP contribution in [0.15, 0.2) is 12.2 Å². The predicted molar refractivity (Wildman–Crippen MR) is 43.5 cm³/mol. The average Bonchev–Trinajstić information content (AvgIpc) is 1.84. The second kappa shape index (κ2) is 5.31. The number of hydrogen-bond donors (Lipinski definition) is 2. The van der Waals surface area contributed by atoms with Gasteiger partial charge in [-0.3, -0.25) is 14.5 Å². The van der Waals surface area contributed by atoms with Crippen molar-refractivity contribution in [2.75, 3.05) is 20.1 Å². The number of nitrogens with two attached hydrogens (primary N) is 1. The topological polar surface area (TPSA) is 83.6 Å². The van der Waals surface area contributed by atoms with Crippen molar-refractivity contribution in [2.24, 2.45) is 5.73 Å². The number of carbonyl (C=O) groups is 2. The molecule has 0 saturated heterocycles. The Bertz CT molecular complexity index is 201. The molecular formula is C7H12N2O3. The van der Waals surface area contributed by atoms with Gasteiger partial charge in [0.1, 0.15) is 0 Å². The first-order chi connectivity index (χ1) is 5.52. The lowest BCUT2D eigenvalue weighted by Crippen LogP contribution is -2.25. The molecule has 3 N–H and O–H groups in total. The summed E-state index contributed by atoms with van der Waals surface area (Å²) in [7, 11) is 1.64. The van der Waals surface area contributed by atoms with E-state index in [0.717, 1.165) is 0 Å². The third kappa shape index (κ3) is 6.76. The fourth-order valence-electron chi connectivity index (χ4n) is 0.644. The lowest BCUT2D eigenvalue weighted by Gasteiger charge is -2.09. The van der Waals surface area contributed by atoms with Gasteiger partial charge in [-0.15, -0.1) is 0 Å². The van der Waals surface area contributed by atoms with Crippen molar-refractivity contribution >= 4 is 11.9 Å². The number of hydrogen-bond acceptors (Lipinski definition) is 3. The second-order valence-electron chi connectivity index (χ2n) is 2.40. The number of amides is 1. The standard InChI is InChI=1S/C7H12N2O3/c1-9(5-7(11)12)4-2-3-6(8)10/h2-3H,4-5H2,1H3,(H2,8,10)(H,11,12)/b3-2+. The van der Waals surface area contributed by atoms with Crippen molar-refractivity contribution in [3.63, 3.8) is 0 Å². The van der Waals surface area contributed by atoms with E-state index in [-0.39, 0.29) is 6.54 Å². The maximum Gasteiger partial charge on any atom is 0.317 e. The zero-order valence-corrected chi connectivity index (χ0v) is 6.86. The van der Waals surface area contributed by atoms with Crippen molar-refractivity contribution in [2.45, 2.75) is 0 Å². The largest absolute Gasteiger partial charge is 0.480 e. The summed E-state index contributed by atoms with van der Waals surface area (Å²) in [5.41, 5.74) is 4.82. The van der Waals surface area contributed by atoms with Gasteiger partial charge in [-0.25, -0.2) is 0 Å². The van der Waals surface area contributed by atoms with E-state index in [1.54, 1.807) is 11.9 Å². The molecule has 0 unspecified atom stereocenters. The number of carbonyl (C=O) groups excluding carboxylic acids is 1. The molecule has 0 saturated carbocycles. The molecule has 0 bridgehead atoms. The highest BCUT2D eigenvalue weighted by molar-refractivity contribution is 5.85. The first-order valence-corrected chi connectivity index (χ1v) is 3.38. The number of primary amides is 1. The smallest absolute Gasteiger partial charge is 0.317 e. The van der Waals surface area contributed by atoms with Gasteiger partial charge >= 0.3 is 5.97 Å². The molecule has 0 atom stereocenters. The average molecular weight is 172 g/mol. The fourth-order valence-corrected chi connectivity index (χ4v) is 0.644. The van der Waals surface area contributed by atoms with Gasteiger partial charge < -0.3 is 10.8 Å². The minimum absolute atomic E-state index is 0.0525. The van der Waals surface area contributed by atoms with Crippen molar-refractivity contribution in [1.82, 2.24) is 4.90 Å². The first-order valence-electron chi connectivity index (χ1n) is 3.38. The molecule has 0 aromatic carbocycles. The summed E-state index contributed by atoms with van der Waals surface area (Å²) in [5.74, 6) is -1.43. The highest BCUT2D eigenvalue weighted by Gasteiger charge is 2.00. The van der Waals surface area contributed by atoms with Crippen LogP contribution in [0.2, 0.25) is 0 Å². The number of nitrogens with zero attached hydrogens (tertiary/aromatic N) is 1. The van der Waals surface area contributed by atoms with Crippen molar-refractivity contribution in [3.05, 3.63) is 12.2 Å². The summed E-state index contributed by atoms with van der Waals surface area (Å²) >= 11 is 0. The number of carboxylic acid groups (broad SMARTS) is 1. The molecule has 0 aliphatic heterocycles. The summed E-state index contributed by atoms with van der Waals surface area (Å²) < 4.78 is 0. The van der Waals surface area contributed by atoms with Crippen LogP contribution in [0.1, 0.15) is 0 Å². The summed E-state index contributed by atoms with van der Waals surface area (Å²) in [6.45, 7) is 0.346. The molecule has 5 nitrogen and oxygen atoms in total. The molecule has 0 rings (SSSR count). The van der Waals surface area contributed by atoms with E-state index in [9.17, 15) is 9.59 Å². The summed E-state index contributed by atoms with van der Waals surface area (Å²) in [5, 5.41) is 8.34. The Labute approximate surface area is 70.5 Å². The summed E-state index contributed by atoms with van der Waals surface area (Å²) in [6.07, 6.45) is 2.73. The van der Waals surface area contributed by atoms with E-state index in [0.29, 0.717) is 6.54 Å². The van der Waals surface area contributed by atoms with Crippen LogP contribution < -0.4 is 5.73 Å². The Morgan fingerprint density at radius 3 is 2.58 bits per heavy atom. The van der Waals surface area contributed by atoms with E-state index in [1.165, 1.54) is 12.2 Å². The molecule has 0 aliphatic carbocycles. The normalized spacial score (nSPS) is 10.8. The summed E-state index contributed by atoms with van der Waals surface area (Å²) in [6, 6.07) is 0. The van der Waals surface area contributed by atoms with E-state index < -0.39 is 11.9 Å². The van der Waals surface area contributed by atoms with Crippen molar-refractivity contribution in [1.29, 1.82) is 0 Å². The molecule has 0 aromatic rings. The minimum Gasteiger partial charge on any atom is -0.480 e. The fraction of sp³-hybridized carbons (Fsp3) is 0.429. The highest BCUT2D eigenvalue weighted by atomic mass is 16.4. The predicted octanol–water partition coefficient (Wildman–Crippen LogP) is -0.956. The number of rotatable bonds is 5. The quantitative estimate of drug-likeness (QED) is 0.523. The van der Waals surface area contributed by atoms with Gasteiger partial charge in [0.15, 0.2) is 0 Å². The summed E-state index contributed by atoms with van der Waals surface area (Å²) in [4.78, 5) is 21.9. The first kappa shape index (κ1) is 10.6. The molecular weight excluding hydrogens is 160 g/mol. The highest BCUT2D eigenvalue weighted by Crippen LogP contribution is 1.82. The van der Waals surface area contributed by atoms with Crippen LogP contribution in [0.3, 0.4) is 0 Å². The van der Waals surface area contributed by atoms with Crippen LogP contribution in [0.25, 0.3) is 0 Å². The maximum atomic E-state index is 10.2. The van der Waals surface area contributed by atoms with Gasteiger partial charge in [0.25, 0.3) is 0 Å². The molecule has 5 heteroatoms. The van der Waals surface area contributed by atoms with Crippen LogP contribution in [-0.4, -0.2) is 42.0 Å². The van der Waals surface area contributed by atoms with Gasteiger partial charge in [0.2, 0.25) is 5.91 Å². The van der Waals surface area contributed by atoms with Gasteiger partial charge in [0, 0.05) is 6.54 Å². The number of likely N-dealkylation sites (N-methyl/N-ethyl adjacent to an activating group) is 1. The van der Waals surface area contributed by atoms with E-state index in [1.807, 2.05) is 0 Å². The Balaban J connectivity index is 3.63. The van der Waals surface area contributed by atoms with Crippen LogP contribution in [0, 0.1) is 0 Å². The molecule has 0 aliphatic rings. The maximum absolute atomic E-state index is 10.2. The van der Waals surface area contributed by atoms with Gasteiger partial charge in [0.05, 0.1) is 6.54 Å². The SMILES string of the molecule is CN(C/C=C/C(N)=O)CC(=O)O. The molecule has 0 aromatic heterocycles. The molecule has 0 heterocycles. The minimum atomic E-state index is -0.898. The molecule has 12 heavy (non-hydrogen) atoms. The molecule has 68 valence electrons. The Hall–Kier alpha value is -1.36. The monoisotopic (exact) mass is 172 g/mol. The van der Waals surface area contributed by atoms with Crippen LogP contribution in [0.4, 0.5) is 0 Å². The van der Waals surface area contributed by atoms with Crippen LogP contribution in [-0.2, 0) is 9.59 Å². The van der Waals surface area contributed by atoms with Crippen molar-refractivity contribution in [3.8, 4) is 0 Å². The molecule has 0 spiro atoms. The lowest BCUT2D eigenvalue weighted by molar-refractivity contribution is -0.137. The van der Waals surface area contributed by atoms with E-state index in [2.05, 4.69) is 0 Å². The molecule has 0 fully saturated rings. The third-order valence-electron chi connectivity index (χ3n) is 1.10. The number of aliphatic carboxylic acids is 1. The Kier molecular flexibility index (Phi) is 4.71. The lowest BCUT2D eigenvalue weighted by atomic mass is 10.4. The molecule has 0 radical (unpaired) electrons. The van der Waals surface area contributed by atoms with E-state index in [4.69, 9.17) is 10.8 Å². The molecule has 1 amide bonds.